The van der Waals surface area contributed by atoms with Gasteiger partial charge in [-0.25, -0.2) is 4.98 Å². The number of benzene rings is 2. The van der Waals surface area contributed by atoms with Crippen LogP contribution in [0.15, 0.2) is 53.4 Å². The minimum Gasteiger partial charge on any atom is -0.397 e. The van der Waals surface area contributed by atoms with Crippen molar-refractivity contribution in [1.29, 1.82) is 0 Å². The summed E-state index contributed by atoms with van der Waals surface area (Å²) in [4.78, 5) is 25.5. The molecule has 13 heteroatoms. The first-order valence-corrected chi connectivity index (χ1v) is 18.0. The Morgan fingerprint density at radius 3 is 2.42 bits per heavy atom. The van der Waals surface area contributed by atoms with E-state index in [-0.39, 0.29) is 0 Å². The second-order valence-electron chi connectivity index (χ2n) is 11.7. The highest BCUT2D eigenvalue weighted by molar-refractivity contribution is 9.10. The number of nitrogens with two attached hydrogens (primary N) is 1. The molecule has 0 spiro atoms. The number of halogens is 1. The van der Waals surface area contributed by atoms with Gasteiger partial charge in [0.1, 0.15) is 18.5 Å². The molecular formula is C30H38BrN10OP. The molecule has 4 heterocycles. The van der Waals surface area contributed by atoms with Gasteiger partial charge in [0.2, 0.25) is 5.95 Å². The van der Waals surface area contributed by atoms with E-state index in [9.17, 15) is 4.57 Å². The summed E-state index contributed by atoms with van der Waals surface area (Å²) in [6.45, 7) is 10.1. The number of aromatic nitrogens is 4. The lowest BCUT2D eigenvalue weighted by Gasteiger charge is -2.42. The maximum absolute atomic E-state index is 13.3. The Kier molecular flexibility index (Phi) is 8.55. The van der Waals surface area contributed by atoms with E-state index < -0.39 is 7.14 Å². The van der Waals surface area contributed by atoms with E-state index in [4.69, 9.17) is 10.7 Å². The van der Waals surface area contributed by atoms with E-state index >= 15 is 0 Å². The van der Waals surface area contributed by atoms with Crippen LogP contribution in [0.2, 0.25) is 0 Å². The Labute approximate surface area is 260 Å². The van der Waals surface area contributed by atoms with Gasteiger partial charge >= 0.3 is 0 Å². The van der Waals surface area contributed by atoms with Crippen molar-refractivity contribution in [1.82, 2.24) is 29.7 Å². The second-order valence-corrected chi connectivity index (χ2v) is 15.7. The Balaban J connectivity index is 1.16. The van der Waals surface area contributed by atoms with Crippen molar-refractivity contribution in [3.05, 3.63) is 53.4 Å². The predicted molar refractivity (Wildman–Crippen MR) is 180 cm³/mol. The summed E-state index contributed by atoms with van der Waals surface area (Å²) >= 11 is 3.55. The van der Waals surface area contributed by atoms with Crippen molar-refractivity contribution >= 4 is 73.9 Å². The van der Waals surface area contributed by atoms with Crippen LogP contribution in [-0.4, -0.2) is 95.4 Å². The van der Waals surface area contributed by atoms with Crippen LogP contribution in [0.5, 0.6) is 0 Å². The van der Waals surface area contributed by atoms with Gasteiger partial charge in [0.25, 0.3) is 0 Å². The highest BCUT2D eigenvalue weighted by Crippen LogP contribution is 2.41. The lowest BCUT2D eigenvalue weighted by Crippen LogP contribution is -2.52. The minimum atomic E-state index is -2.72. The molecule has 2 aliphatic heterocycles. The van der Waals surface area contributed by atoms with Crippen molar-refractivity contribution in [2.75, 3.05) is 80.9 Å². The number of rotatable bonds is 7. The molecule has 0 aliphatic carbocycles. The van der Waals surface area contributed by atoms with Crippen LogP contribution in [-0.2, 0) is 4.57 Å². The maximum Gasteiger partial charge on any atom is 0.229 e. The first-order valence-electron chi connectivity index (χ1n) is 14.6. The van der Waals surface area contributed by atoms with Crippen molar-refractivity contribution in [3.8, 4) is 0 Å². The van der Waals surface area contributed by atoms with Crippen LogP contribution in [0.4, 0.5) is 34.5 Å². The summed E-state index contributed by atoms with van der Waals surface area (Å²) in [5.74, 6) is 0.937. The minimum absolute atomic E-state index is 0.407. The Morgan fingerprint density at radius 1 is 0.953 bits per heavy atom. The molecule has 2 fully saturated rings. The van der Waals surface area contributed by atoms with Gasteiger partial charge in [-0.1, -0.05) is 0 Å². The molecule has 0 amide bonds. The number of likely N-dealkylation sites (N-methyl/N-ethyl adjacent to an activating group) is 1. The molecule has 2 saturated heterocycles. The van der Waals surface area contributed by atoms with Crippen LogP contribution in [0, 0.1) is 0 Å². The lowest BCUT2D eigenvalue weighted by molar-refractivity contribution is 0.0982. The lowest BCUT2D eigenvalue weighted by atomic mass is 10.0. The Bertz CT molecular complexity index is 1660. The molecule has 2 aliphatic rings. The fourth-order valence-electron chi connectivity index (χ4n) is 6.02. The quantitative estimate of drug-likeness (QED) is 0.188. The summed E-state index contributed by atoms with van der Waals surface area (Å²) in [7, 11) is -0.513. The van der Waals surface area contributed by atoms with Gasteiger partial charge in [-0.05, 0) is 79.5 Å². The summed E-state index contributed by atoms with van der Waals surface area (Å²) < 4.78 is 14.0. The number of nitrogens with zero attached hydrogens (tertiary/aromatic N) is 7. The first-order chi connectivity index (χ1) is 20.7. The topological polar surface area (TPSA) is 128 Å². The predicted octanol–water partition coefficient (Wildman–Crippen LogP) is 4.72. The van der Waals surface area contributed by atoms with E-state index in [0.29, 0.717) is 44.3 Å². The number of hydrogen-bond acceptors (Lipinski definition) is 11. The third-order valence-corrected chi connectivity index (χ3v) is 10.4. The summed E-state index contributed by atoms with van der Waals surface area (Å²) in [6, 6.07) is 10.4. The molecule has 4 aromatic rings. The van der Waals surface area contributed by atoms with Gasteiger partial charge < -0.3 is 30.7 Å². The normalized spacial score (nSPS) is 17.3. The fraction of sp³-hybridized carbons (Fsp3) is 0.400. The number of piperidine rings is 1. The number of nitrogens with one attached hydrogen (secondary N) is 2. The molecule has 4 N–H and O–H groups in total. The number of nitrogen functional groups attached to an aromatic ring is 1. The van der Waals surface area contributed by atoms with E-state index in [0.717, 1.165) is 69.2 Å². The summed E-state index contributed by atoms with van der Waals surface area (Å²) in [6.07, 6.45) is 7.23. The van der Waals surface area contributed by atoms with E-state index in [1.54, 1.807) is 31.9 Å². The summed E-state index contributed by atoms with van der Waals surface area (Å²) in [5, 5.41) is 7.26. The molecule has 11 nitrogen and oxygen atoms in total. The average Bonchev–Trinajstić information content (AvgIpc) is 2.99. The highest BCUT2D eigenvalue weighted by Gasteiger charge is 2.27. The standard InChI is InChI=1S/C30H38BrN10OP/c1-39-14-16-40(17-15-39)21-8-12-41(13-9-21)26-7-4-20(18-23(26)32)36-30-35-19-22(31)29(38-30)37-25-6-5-24-27(34-11-10-33-24)28(25)43(2,3)42/h4-7,10-11,18-19,21H,8-9,12-17,32H2,1-3H3,(H2,35,36,37,38). The van der Waals surface area contributed by atoms with Crippen LogP contribution in [0.1, 0.15) is 12.8 Å². The van der Waals surface area contributed by atoms with Gasteiger partial charge in [-0.15, -0.1) is 0 Å². The Morgan fingerprint density at radius 2 is 1.70 bits per heavy atom. The van der Waals surface area contributed by atoms with Gasteiger partial charge in [-0.3, -0.25) is 14.9 Å². The smallest absolute Gasteiger partial charge is 0.229 e. The van der Waals surface area contributed by atoms with Crippen LogP contribution >= 0.6 is 23.1 Å². The van der Waals surface area contributed by atoms with E-state index in [1.807, 2.05) is 24.3 Å². The largest absolute Gasteiger partial charge is 0.397 e. The highest BCUT2D eigenvalue weighted by atomic mass is 79.9. The molecule has 0 saturated carbocycles. The number of anilines is 6. The monoisotopic (exact) mass is 664 g/mol. The van der Waals surface area contributed by atoms with Gasteiger partial charge in [0.05, 0.1) is 32.4 Å². The molecule has 2 aromatic carbocycles. The Hall–Kier alpha value is -3.31. The van der Waals surface area contributed by atoms with Gasteiger partial charge in [-0.2, -0.15) is 4.98 Å². The molecular weight excluding hydrogens is 627 g/mol. The zero-order valence-electron chi connectivity index (χ0n) is 24.8. The van der Waals surface area contributed by atoms with Crippen LogP contribution < -0.4 is 26.6 Å². The third-order valence-electron chi connectivity index (χ3n) is 8.29. The molecule has 0 unspecified atom stereocenters. The molecule has 6 rings (SSSR count). The van der Waals surface area contributed by atoms with E-state index in [1.165, 1.54) is 0 Å². The van der Waals surface area contributed by atoms with Crippen molar-refractivity contribution < 1.29 is 4.57 Å². The first kappa shape index (κ1) is 29.7. The molecule has 0 bridgehead atoms. The van der Waals surface area contributed by atoms with Crippen LogP contribution in [0.3, 0.4) is 0 Å². The third kappa shape index (κ3) is 6.62. The van der Waals surface area contributed by atoms with Gasteiger partial charge in [0, 0.05) is 69.6 Å². The maximum atomic E-state index is 13.3. The number of fused-ring (bicyclic) bond motifs is 1. The zero-order valence-corrected chi connectivity index (χ0v) is 27.3. The van der Waals surface area contributed by atoms with E-state index in [2.05, 4.69) is 69.3 Å². The average molecular weight is 666 g/mol. The van der Waals surface area contributed by atoms with Crippen molar-refractivity contribution in [2.24, 2.45) is 0 Å². The second kappa shape index (κ2) is 12.4. The zero-order chi connectivity index (χ0) is 30.1. The number of hydrogen-bond donors (Lipinski definition) is 3. The number of piperazine rings is 1. The molecule has 0 atom stereocenters. The molecule has 43 heavy (non-hydrogen) atoms. The van der Waals surface area contributed by atoms with Crippen molar-refractivity contribution in [3.63, 3.8) is 0 Å². The fourth-order valence-corrected chi connectivity index (χ4v) is 7.70. The van der Waals surface area contributed by atoms with Gasteiger partial charge in [0.15, 0.2) is 0 Å². The molecule has 226 valence electrons. The molecule has 2 aromatic heterocycles. The summed E-state index contributed by atoms with van der Waals surface area (Å²) in [5.41, 5.74) is 11.1. The van der Waals surface area contributed by atoms with Crippen molar-refractivity contribution in [2.45, 2.75) is 18.9 Å². The molecule has 0 radical (unpaired) electrons. The SMILES string of the molecule is CN1CCN(C2CCN(c3ccc(Nc4ncc(Br)c(Nc5ccc6nccnc6c5P(C)(C)=O)n4)cc3N)CC2)CC1. The van der Waals surface area contributed by atoms with Crippen LogP contribution in [0.25, 0.3) is 11.0 Å².